The van der Waals surface area contributed by atoms with Gasteiger partial charge in [0.2, 0.25) is 0 Å². The molecule has 1 amide bonds. The first-order valence-electron chi connectivity index (χ1n) is 6.42. The van der Waals surface area contributed by atoms with Gasteiger partial charge in [-0.3, -0.25) is 10.1 Å². The molecule has 114 valence electrons. The maximum atomic E-state index is 10.9. The molecule has 2 N–H and O–H groups in total. The minimum absolute atomic E-state index is 0.0250. The number of carbonyl (C=O) groups is 1. The Kier molecular flexibility index (Phi) is 4.59. The van der Waals surface area contributed by atoms with E-state index in [1.54, 1.807) is 6.07 Å². The first-order chi connectivity index (χ1) is 9.99. The highest BCUT2D eigenvalue weighted by atomic mass is 16.6. The van der Waals surface area contributed by atoms with Crippen LogP contribution in [0.25, 0.3) is 0 Å². The molecule has 0 aliphatic heterocycles. The van der Waals surface area contributed by atoms with Crippen molar-refractivity contribution in [3.05, 3.63) is 33.9 Å². The van der Waals surface area contributed by atoms with Gasteiger partial charge in [0.15, 0.2) is 5.75 Å². The lowest BCUT2D eigenvalue weighted by molar-refractivity contribution is -0.385. The van der Waals surface area contributed by atoms with Crippen molar-refractivity contribution in [2.45, 2.75) is 31.6 Å². The minimum atomic E-state index is -1.04. The van der Waals surface area contributed by atoms with Crippen LogP contribution in [-0.4, -0.2) is 35.4 Å². The first-order valence-corrected chi connectivity index (χ1v) is 6.42. The highest BCUT2D eigenvalue weighted by molar-refractivity contribution is 5.65. The van der Waals surface area contributed by atoms with E-state index in [2.05, 4.69) is 5.32 Å². The second-order valence-corrected chi connectivity index (χ2v) is 4.81. The zero-order valence-corrected chi connectivity index (χ0v) is 11.4. The number of amides is 1. The summed E-state index contributed by atoms with van der Waals surface area (Å²) in [5.41, 5.74) is 0.578. The molecule has 0 aromatic heterocycles. The molecule has 8 nitrogen and oxygen atoms in total. The molecular weight excluding hydrogens is 280 g/mol. The SMILES string of the molecule is COc1ccc(COC2CC(NC(=O)O)C2)cc1[N+](=O)[O-]. The third-order valence-electron chi connectivity index (χ3n) is 3.35. The van der Waals surface area contributed by atoms with Gasteiger partial charge in [-0.2, -0.15) is 0 Å². The van der Waals surface area contributed by atoms with E-state index in [0.29, 0.717) is 18.4 Å². The molecular formula is C13H16N2O6. The van der Waals surface area contributed by atoms with Crippen molar-refractivity contribution in [3.63, 3.8) is 0 Å². The largest absolute Gasteiger partial charge is 0.490 e. The molecule has 0 bridgehead atoms. The van der Waals surface area contributed by atoms with Crippen molar-refractivity contribution in [3.8, 4) is 5.75 Å². The topological polar surface area (TPSA) is 111 Å². The number of nitro groups is 1. The second kappa shape index (κ2) is 6.40. The normalized spacial score (nSPS) is 20.4. The smallest absolute Gasteiger partial charge is 0.404 e. The number of hydrogen-bond donors (Lipinski definition) is 2. The molecule has 0 radical (unpaired) electrons. The molecule has 0 unspecified atom stereocenters. The molecule has 1 saturated carbocycles. The van der Waals surface area contributed by atoms with E-state index < -0.39 is 11.0 Å². The number of benzene rings is 1. The molecule has 1 aliphatic rings. The highest BCUT2D eigenvalue weighted by Crippen LogP contribution is 2.29. The number of carboxylic acid groups (broad SMARTS) is 1. The standard InChI is InChI=1S/C13H16N2O6/c1-20-12-3-2-8(4-11(12)15(18)19)7-21-10-5-9(6-10)14-13(16)17/h2-4,9-10,14H,5-7H2,1H3,(H,16,17). The van der Waals surface area contributed by atoms with Gasteiger partial charge in [0, 0.05) is 12.1 Å². The molecule has 21 heavy (non-hydrogen) atoms. The highest BCUT2D eigenvalue weighted by Gasteiger charge is 2.31. The van der Waals surface area contributed by atoms with E-state index in [1.165, 1.54) is 19.2 Å². The van der Waals surface area contributed by atoms with Gasteiger partial charge >= 0.3 is 11.8 Å². The number of ether oxygens (including phenoxy) is 2. The van der Waals surface area contributed by atoms with Crippen molar-refractivity contribution >= 4 is 11.8 Å². The second-order valence-electron chi connectivity index (χ2n) is 4.81. The van der Waals surface area contributed by atoms with Crippen LogP contribution in [0.5, 0.6) is 5.75 Å². The quantitative estimate of drug-likeness (QED) is 0.612. The Labute approximate surface area is 120 Å². The van der Waals surface area contributed by atoms with Crippen LogP contribution in [0, 0.1) is 10.1 Å². The van der Waals surface area contributed by atoms with Gasteiger partial charge in [-0.25, -0.2) is 4.79 Å². The van der Waals surface area contributed by atoms with Crippen LogP contribution in [0.3, 0.4) is 0 Å². The number of rotatable bonds is 6. The Bertz CT molecular complexity index is 541. The van der Waals surface area contributed by atoms with E-state index >= 15 is 0 Å². The van der Waals surface area contributed by atoms with E-state index in [0.717, 1.165) is 0 Å². The molecule has 1 aromatic carbocycles. The molecule has 2 rings (SSSR count). The zero-order chi connectivity index (χ0) is 15.4. The number of nitrogens with zero attached hydrogens (tertiary/aromatic N) is 1. The van der Waals surface area contributed by atoms with Crippen molar-refractivity contribution in [2.75, 3.05) is 7.11 Å². The fourth-order valence-corrected chi connectivity index (χ4v) is 2.18. The third kappa shape index (κ3) is 3.82. The fourth-order valence-electron chi connectivity index (χ4n) is 2.18. The summed E-state index contributed by atoms with van der Waals surface area (Å²) < 4.78 is 10.5. The minimum Gasteiger partial charge on any atom is -0.490 e. The van der Waals surface area contributed by atoms with Crippen molar-refractivity contribution in [1.82, 2.24) is 5.32 Å². The van der Waals surface area contributed by atoms with Crippen molar-refractivity contribution < 1.29 is 24.3 Å². The number of methoxy groups -OCH3 is 1. The molecule has 0 spiro atoms. The van der Waals surface area contributed by atoms with E-state index in [1.807, 2.05) is 0 Å². The lowest BCUT2D eigenvalue weighted by Gasteiger charge is -2.34. The zero-order valence-electron chi connectivity index (χ0n) is 11.4. The predicted molar refractivity (Wildman–Crippen MR) is 72.4 cm³/mol. The average molecular weight is 296 g/mol. The number of nitrogens with one attached hydrogen (secondary N) is 1. The average Bonchev–Trinajstić information content (AvgIpc) is 2.40. The van der Waals surface area contributed by atoms with Gasteiger partial charge in [0.25, 0.3) is 0 Å². The Morgan fingerprint density at radius 2 is 2.24 bits per heavy atom. The lowest BCUT2D eigenvalue weighted by Crippen LogP contribution is -2.47. The summed E-state index contributed by atoms with van der Waals surface area (Å²) in [5.74, 6) is 0.207. The summed E-state index contributed by atoms with van der Waals surface area (Å²) in [6.07, 6.45) is 0.169. The van der Waals surface area contributed by atoms with Crippen LogP contribution in [0.2, 0.25) is 0 Å². The fraction of sp³-hybridized carbons (Fsp3) is 0.462. The number of nitro benzene ring substituents is 1. The third-order valence-corrected chi connectivity index (χ3v) is 3.35. The van der Waals surface area contributed by atoms with Crippen LogP contribution in [0.1, 0.15) is 18.4 Å². The summed E-state index contributed by atoms with van der Waals surface area (Å²) in [5, 5.41) is 21.8. The monoisotopic (exact) mass is 296 g/mol. The van der Waals surface area contributed by atoms with Crippen LogP contribution in [0.4, 0.5) is 10.5 Å². The summed E-state index contributed by atoms with van der Waals surface area (Å²) in [6, 6.07) is 4.59. The summed E-state index contributed by atoms with van der Waals surface area (Å²) in [6.45, 7) is 0.245. The van der Waals surface area contributed by atoms with Gasteiger partial charge in [-0.1, -0.05) is 6.07 Å². The van der Waals surface area contributed by atoms with Gasteiger partial charge in [0.05, 0.1) is 24.7 Å². The molecule has 8 heteroatoms. The predicted octanol–water partition coefficient (Wildman–Crippen LogP) is 1.92. The summed E-state index contributed by atoms with van der Waals surface area (Å²) in [7, 11) is 1.38. The van der Waals surface area contributed by atoms with Gasteiger partial charge in [-0.05, 0) is 24.5 Å². The first kappa shape index (κ1) is 15.0. The van der Waals surface area contributed by atoms with Gasteiger partial charge in [0.1, 0.15) is 0 Å². The molecule has 1 fully saturated rings. The Hall–Kier alpha value is -2.35. The van der Waals surface area contributed by atoms with E-state index in [9.17, 15) is 14.9 Å². The van der Waals surface area contributed by atoms with Crippen LogP contribution in [-0.2, 0) is 11.3 Å². The van der Waals surface area contributed by atoms with Crippen LogP contribution >= 0.6 is 0 Å². The van der Waals surface area contributed by atoms with Crippen molar-refractivity contribution in [1.29, 1.82) is 0 Å². The number of hydrogen-bond acceptors (Lipinski definition) is 5. The van der Waals surface area contributed by atoms with Gasteiger partial charge in [-0.15, -0.1) is 0 Å². The molecule has 0 heterocycles. The summed E-state index contributed by atoms with van der Waals surface area (Å²) in [4.78, 5) is 20.8. The molecule has 0 atom stereocenters. The van der Waals surface area contributed by atoms with E-state index in [4.69, 9.17) is 14.6 Å². The molecule has 1 aliphatic carbocycles. The molecule has 1 aromatic rings. The maximum Gasteiger partial charge on any atom is 0.404 e. The Morgan fingerprint density at radius 3 is 2.81 bits per heavy atom. The van der Waals surface area contributed by atoms with Gasteiger partial charge < -0.3 is 19.9 Å². The summed E-state index contributed by atoms with van der Waals surface area (Å²) >= 11 is 0. The van der Waals surface area contributed by atoms with E-state index in [-0.39, 0.29) is 30.2 Å². The molecule has 0 saturated heterocycles. The van der Waals surface area contributed by atoms with Crippen molar-refractivity contribution in [2.24, 2.45) is 0 Å². The Morgan fingerprint density at radius 1 is 1.52 bits per heavy atom. The maximum absolute atomic E-state index is 10.9. The van der Waals surface area contributed by atoms with Crippen LogP contribution in [0.15, 0.2) is 18.2 Å². The lowest BCUT2D eigenvalue weighted by atomic mass is 9.89. The Balaban J connectivity index is 1.86. The van der Waals surface area contributed by atoms with Crippen LogP contribution < -0.4 is 10.1 Å².